The average molecular weight is 303 g/mol. The Labute approximate surface area is 124 Å². The van der Waals surface area contributed by atoms with E-state index in [2.05, 4.69) is 5.32 Å². The molecule has 7 nitrogen and oxygen atoms in total. The Kier molecular flexibility index (Phi) is 8.61. The molecule has 0 aromatic rings. The molecular weight excluding hydrogens is 278 g/mol. The van der Waals surface area contributed by atoms with E-state index in [0.717, 1.165) is 12.8 Å². The lowest BCUT2D eigenvalue weighted by Gasteiger charge is -2.28. The maximum atomic E-state index is 11.7. The molecule has 122 valence electrons. The van der Waals surface area contributed by atoms with E-state index in [0.29, 0.717) is 6.42 Å². The second kappa shape index (κ2) is 9.33. The molecule has 0 unspecified atom stereocenters. The molecule has 0 aromatic carbocycles. The van der Waals surface area contributed by atoms with Gasteiger partial charge in [0.05, 0.1) is 13.0 Å². The highest BCUT2D eigenvalue weighted by Gasteiger charge is 2.34. The van der Waals surface area contributed by atoms with Crippen molar-refractivity contribution in [3.63, 3.8) is 0 Å². The van der Waals surface area contributed by atoms with Gasteiger partial charge in [0.25, 0.3) is 0 Å². The van der Waals surface area contributed by atoms with Gasteiger partial charge in [0.15, 0.2) is 0 Å². The summed E-state index contributed by atoms with van der Waals surface area (Å²) in [5.41, 5.74) is -0.949. The summed E-state index contributed by atoms with van der Waals surface area (Å²) in [5.74, 6) is -2.07. The van der Waals surface area contributed by atoms with Crippen molar-refractivity contribution in [2.75, 3.05) is 13.2 Å². The van der Waals surface area contributed by atoms with Crippen molar-refractivity contribution in [2.24, 2.45) is 5.41 Å². The molecule has 0 aliphatic heterocycles. The van der Waals surface area contributed by atoms with Crippen molar-refractivity contribution in [3.8, 4) is 0 Å². The molecule has 0 aromatic heterocycles. The molecule has 0 fully saturated rings. The van der Waals surface area contributed by atoms with Gasteiger partial charge in [-0.2, -0.15) is 0 Å². The summed E-state index contributed by atoms with van der Waals surface area (Å²) in [4.78, 5) is 33.5. The van der Waals surface area contributed by atoms with Crippen LogP contribution in [0.3, 0.4) is 0 Å². The minimum Gasteiger partial charge on any atom is -0.481 e. The number of carbonyl (C=O) groups is 3. The van der Waals surface area contributed by atoms with Crippen LogP contribution < -0.4 is 5.32 Å². The third kappa shape index (κ3) is 8.29. The largest absolute Gasteiger partial charge is 0.481 e. The van der Waals surface area contributed by atoms with E-state index in [-0.39, 0.29) is 25.5 Å². The van der Waals surface area contributed by atoms with Crippen molar-refractivity contribution in [3.05, 3.63) is 0 Å². The quantitative estimate of drug-likeness (QED) is 0.512. The first-order chi connectivity index (χ1) is 9.70. The lowest BCUT2D eigenvalue weighted by molar-refractivity contribution is -0.153. The monoisotopic (exact) mass is 303 g/mol. The highest BCUT2D eigenvalue weighted by atomic mass is 16.5. The number of rotatable bonds is 10. The van der Waals surface area contributed by atoms with Crippen molar-refractivity contribution in [1.29, 1.82) is 0 Å². The second-order valence-electron chi connectivity index (χ2n) is 5.59. The van der Waals surface area contributed by atoms with Crippen LogP contribution in [0.1, 0.15) is 46.5 Å². The number of carbonyl (C=O) groups excluding carboxylic acids is 2. The lowest BCUT2D eigenvalue weighted by Crippen LogP contribution is -2.46. The van der Waals surface area contributed by atoms with Crippen LogP contribution >= 0.6 is 0 Å². The molecular formula is C14H25NO6. The van der Waals surface area contributed by atoms with Crippen LogP contribution in [0.4, 0.5) is 0 Å². The van der Waals surface area contributed by atoms with Gasteiger partial charge in [-0.15, -0.1) is 0 Å². The molecule has 0 spiro atoms. The van der Waals surface area contributed by atoms with Crippen LogP contribution in [0, 0.1) is 5.41 Å². The van der Waals surface area contributed by atoms with Crippen LogP contribution in [-0.2, 0) is 19.1 Å². The first-order valence-electron chi connectivity index (χ1n) is 7.04. The van der Waals surface area contributed by atoms with Gasteiger partial charge >= 0.3 is 11.9 Å². The highest BCUT2D eigenvalue weighted by molar-refractivity contribution is 5.81. The first kappa shape index (κ1) is 19.4. The summed E-state index contributed by atoms with van der Waals surface area (Å²) < 4.78 is 5.05. The highest BCUT2D eigenvalue weighted by Crippen LogP contribution is 2.21. The summed E-state index contributed by atoms with van der Waals surface area (Å²) in [7, 11) is 0. The second-order valence-corrected chi connectivity index (χ2v) is 5.59. The topological polar surface area (TPSA) is 113 Å². The van der Waals surface area contributed by atoms with Gasteiger partial charge in [-0.25, -0.2) is 0 Å². The number of hydrogen-bond acceptors (Lipinski definition) is 5. The van der Waals surface area contributed by atoms with Crippen LogP contribution in [0.25, 0.3) is 0 Å². The molecule has 21 heavy (non-hydrogen) atoms. The van der Waals surface area contributed by atoms with E-state index < -0.39 is 23.4 Å². The minimum absolute atomic E-state index is 0.0579. The zero-order chi connectivity index (χ0) is 16.5. The van der Waals surface area contributed by atoms with Gasteiger partial charge in [-0.3, -0.25) is 14.4 Å². The normalized spacial score (nSPS) is 12.6. The maximum Gasteiger partial charge on any atom is 0.305 e. The number of hydrogen-bond donors (Lipinski definition) is 3. The number of nitrogens with one attached hydrogen (secondary N) is 1. The van der Waals surface area contributed by atoms with Gasteiger partial charge in [0.2, 0.25) is 5.91 Å². The molecule has 0 aliphatic carbocycles. The summed E-state index contributed by atoms with van der Waals surface area (Å²) in [6.45, 7) is 5.02. The number of ether oxygens (including phenoxy) is 1. The van der Waals surface area contributed by atoms with Crippen molar-refractivity contribution < 1.29 is 29.3 Å². The van der Waals surface area contributed by atoms with Crippen LogP contribution in [0.2, 0.25) is 0 Å². The summed E-state index contributed by atoms with van der Waals surface area (Å²) in [6, 6.07) is 0. The fraction of sp³-hybridized carbons (Fsp3) is 0.786. The van der Waals surface area contributed by atoms with Crippen LogP contribution in [0.15, 0.2) is 0 Å². The Hall–Kier alpha value is -1.63. The fourth-order valence-corrected chi connectivity index (χ4v) is 1.48. The number of aliphatic hydroxyl groups excluding tert-OH is 1. The molecule has 1 amide bonds. The van der Waals surface area contributed by atoms with Crippen molar-refractivity contribution in [2.45, 2.75) is 52.6 Å². The summed E-state index contributed by atoms with van der Waals surface area (Å²) >= 11 is 0. The molecule has 3 N–H and O–H groups in total. The molecule has 0 saturated carbocycles. The number of unbranched alkanes of at least 4 members (excludes halogenated alkanes) is 1. The predicted molar refractivity (Wildman–Crippen MR) is 75.5 cm³/mol. The number of amides is 1. The van der Waals surface area contributed by atoms with Gasteiger partial charge in [-0.05, 0) is 6.42 Å². The van der Waals surface area contributed by atoms with Crippen LogP contribution in [-0.4, -0.2) is 47.3 Å². The Morgan fingerprint density at radius 3 is 2.38 bits per heavy atom. The average Bonchev–Trinajstić information content (AvgIpc) is 2.41. The molecule has 0 saturated heterocycles. The van der Waals surface area contributed by atoms with Gasteiger partial charge in [0, 0.05) is 18.4 Å². The zero-order valence-corrected chi connectivity index (χ0v) is 12.8. The van der Waals surface area contributed by atoms with Gasteiger partial charge in [-0.1, -0.05) is 27.2 Å². The zero-order valence-electron chi connectivity index (χ0n) is 12.8. The summed E-state index contributed by atoms with van der Waals surface area (Å²) in [5, 5.41) is 20.8. The van der Waals surface area contributed by atoms with E-state index in [1.165, 1.54) is 0 Å². The molecule has 0 rings (SSSR count). The summed E-state index contributed by atoms with van der Waals surface area (Å²) in [6.07, 6.45) is 0.327. The molecule has 7 heteroatoms. The number of carboxylic acid groups (broad SMARTS) is 1. The fourth-order valence-electron chi connectivity index (χ4n) is 1.48. The Bertz CT molecular complexity index is 366. The molecule has 0 aliphatic rings. The Morgan fingerprint density at radius 2 is 1.86 bits per heavy atom. The maximum absolute atomic E-state index is 11.7. The Balaban J connectivity index is 4.24. The standard InChI is InChI=1S/C14H25NO6/c1-4-5-6-11(18)21-9-14(2,3)12(19)13(20)15-8-7-10(16)17/h12,19H,4-9H2,1-3H3,(H,15,20)(H,16,17)/t12-/m0/s1. The smallest absolute Gasteiger partial charge is 0.305 e. The van der Waals surface area contributed by atoms with Crippen molar-refractivity contribution >= 4 is 17.8 Å². The van der Waals surface area contributed by atoms with Gasteiger partial charge in [0.1, 0.15) is 6.10 Å². The molecule has 1 atom stereocenters. The lowest BCUT2D eigenvalue weighted by atomic mass is 9.87. The first-order valence-corrected chi connectivity index (χ1v) is 7.04. The minimum atomic E-state index is -1.38. The number of esters is 1. The number of carboxylic acids is 1. The third-order valence-electron chi connectivity index (χ3n) is 2.97. The Morgan fingerprint density at radius 1 is 1.24 bits per heavy atom. The molecule has 0 heterocycles. The van der Waals surface area contributed by atoms with Gasteiger partial charge < -0.3 is 20.3 Å². The van der Waals surface area contributed by atoms with E-state index in [9.17, 15) is 19.5 Å². The van der Waals surface area contributed by atoms with Crippen LogP contribution in [0.5, 0.6) is 0 Å². The third-order valence-corrected chi connectivity index (χ3v) is 2.97. The molecule has 0 radical (unpaired) electrons. The number of aliphatic hydroxyl groups is 1. The molecule has 0 bridgehead atoms. The number of aliphatic carboxylic acids is 1. The van der Waals surface area contributed by atoms with Crippen molar-refractivity contribution in [1.82, 2.24) is 5.32 Å². The SMILES string of the molecule is CCCCC(=O)OCC(C)(C)[C@@H](O)C(=O)NCCC(=O)O. The van der Waals surface area contributed by atoms with E-state index in [1.54, 1.807) is 13.8 Å². The van der Waals surface area contributed by atoms with E-state index in [1.807, 2.05) is 6.92 Å². The predicted octanol–water partition coefficient (Wildman–Crippen LogP) is 0.698. The van der Waals surface area contributed by atoms with E-state index >= 15 is 0 Å². The van der Waals surface area contributed by atoms with E-state index in [4.69, 9.17) is 9.84 Å².